The molecule has 344 valence electrons. The average molecular weight is 866 g/mol. The maximum absolute atomic E-state index is 12.7. The molecule has 1 unspecified atom stereocenters. The number of aliphatic hydroxyl groups is 2. The normalized spacial score (nSPS) is 14.7. The first-order valence-electron chi connectivity index (χ1n) is 22.7. The number of nitrogens with two attached hydrogens (primary N) is 1. The van der Waals surface area contributed by atoms with Crippen LogP contribution in [-0.2, 0) is 45.5 Å². The van der Waals surface area contributed by atoms with E-state index in [0.717, 1.165) is 95.0 Å². The van der Waals surface area contributed by atoms with Gasteiger partial charge < -0.3 is 34.7 Å². The van der Waals surface area contributed by atoms with Crippen molar-refractivity contribution in [2.24, 2.45) is 5.73 Å². The summed E-state index contributed by atoms with van der Waals surface area (Å²) >= 11 is 0. The second-order valence-corrected chi connectivity index (χ2v) is 17.0. The predicted octanol–water partition coefficient (Wildman–Crippen LogP) is 10.3. The Hall–Kier alpha value is -2.83. The number of aryl methyl sites for hydroxylation is 2. The van der Waals surface area contributed by atoms with Gasteiger partial charge >= 0.3 is 19.8 Å². The minimum absolute atomic E-state index is 0.0123. The molecule has 0 saturated heterocycles. The molecule has 12 nitrogen and oxygen atoms in total. The lowest BCUT2D eigenvalue weighted by Gasteiger charge is -2.20. The molecule has 0 aliphatic rings. The first-order valence-corrected chi connectivity index (χ1v) is 24.2. The average Bonchev–Trinajstić information content (AvgIpc) is 3.49. The van der Waals surface area contributed by atoms with Gasteiger partial charge in [0.1, 0.15) is 18.1 Å². The third kappa shape index (κ3) is 29.4. The van der Waals surface area contributed by atoms with Crippen LogP contribution >= 0.6 is 7.82 Å². The summed E-state index contributed by atoms with van der Waals surface area (Å²) in [5, 5.41) is 20.2. The van der Waals surface area contributed by atoms with E-state index in [2.05, 4.69) is 27.7 Å². The third-order valence-corrected chi connectivity index (χ3v) is 11.1. The number of aliphatic hydroxyl groups excluding tert-OH is 2. The molecule has 1 aromatic heterocycles. The molecule has 5 N–H and O–H groups in total. The van der Waals surface area contributed by atoms with E-state index in [1.165, 1.54) is 30.4 Å². The molecule has 0 fully saturated rings. The zero-order chi connectivity index (χ0) is 44.3. The Kier molecular flexibility index (Phi) is 32.9. The predicted molar refractivity (Wildman–Crippen MR) is 239 cm³/mol. The van der Waals surface area contributed by atoms with Gasteiger partial charge in [-0.15, -0.1) is 0 Å². The molecule has 0 aliphatic heterocycles. The lowest BCUT2D eigenvalue weighted by molar-refractivity contribution is -0.161. The highest BCUT2D eigenvalue weighted by Crippen LogP contribution is 2.43. The molecule has 0 bridgehead atoms. The topological polar surface area (TPSA) is 188 Å². The van der Waals surface area contributed by atoms with Crippen molar-refractivity contribution in [3.8, 4) is 0 Å². The Bertz CT molecular complexity index is 1440. The van der Waals surface area contributed by atoms with Crippen LogP contribution in [0.1, 0.15) is 165 Å². The molecular formula is C47H80NO11P. The maximum atomic E-state index is 12.7. The summed E-state index contributed by atoms with van der Waals surface area (Å²) in [6.45, 7) is 7.64. The van der Waals surface area contributed by atoms with E-state index in [1.54, 1.807) is 18.2 Å². The van der Waals surface area contributed by atoms with Gasteiger partial charge in [0, 0.05) is 32.2 Å². The van der Waals surface area contributed by atoms with Crippen LogP contribution in [0, 0.1) is 13.8 Å². The van der Waals surface area contributed by atoms with Crippen LogP contribution in [-0.4, -0.2) is 71.7 Å². The lowest BCUT2D eigenvalue weighted by atomic mass is 10.0. The van der Waals surface area contributed by atoms with Crippen molar-refractivity contribution in [3.05, 3.63) is 71.3 Å². The van der Waals surface area contributed by atoms with Crippen molar-refractivity contribution in [3.63, 3.8) is 0 Å². The summed E-state index contributed by atoms with van der Waals surface area (Å²) in [6, 6.07) is 0. The summed E-state index contributed by atoms with van der Waals surface area (Å²) in [5.41, 5.74) is 7.97. The van der Waals surface area contributed by atoms with Crippen LogP contribution in [0.5, 0.6) is 0 Å². The molecule has 0 saturated carbocycles. The molecule has 0 aromatic carbocycles. The number of esters is 2. The number of unbranched alkanes of at least 4 members (excludes halogenated alkanes) is 11. The van der Waals surface area contributed by atoms with Crippen molar-refractivity contribution in [2.75, 3.05) is 26.4 Å². The number of ether oxygens (including phenoxy) is 2. The molecule has 1 aromatic rings. The Morgan fingerprint density at radius 1 is 0.683 bits per heavy atom. The largest absolute Gasteiger partial charge is 0.472 e. The number of allylic oxidation sites excluding steroid dienone is 6. The smallest absolute Gasteiger partial charge is 0.466 e. The van der Waals surface area contributed by atoms with Crippen molar-refractivity contribution in [1.82, 2.24) is 0 Å². The molecule has 60 heavy (non-hydrogen) atoms. The molecule has 0 amide bonds. The molecular weight excluding hydrogens is 785 g/mol. The number of hydrogen-bond donors (Lipinski definition) is 4. The fourth-order valence-corrected chi connectivity index (χ4v) is 7.14. The number of phosphoric acid groups is 1. The monoisotopic (exact) mass is 866 g/mol. The summed E-state index contributed by atoms with van der Waals surface area (Å²) in [6.07, 6.45) is 31.8. The minimum atomic E-state index is -4.45. The summed E-state index contributed by atoms with van der Waals surface area (Å²) in [5.74, 6) is 1.22. The fourth-order valence-electron chi connectivity index (χ4n) is 6.38. The van der Waals surface area contributed by atoms with E-state index in [1.807, 2.05) is 30.4 Å². The van der Waals surface area contributed by atoms with Crippen LogP contribution < -0.4 is 5.73 Å². The van der Waals surface area contributed by atoms with Crippen LogP contribution in [0.2, 0.25) is 0 Å². The summed E-state index contributed by atoms with van der Waals surface area (Å²) < 4.78 is 38.9. The number of hydrogen-bond acceptors (Lipinski definition) is 11. The molecule has 1 rings (SSSR count). The van der Waals surface area contributed by atoms with Crippen molar-refractivity contribution in [2.45, 2.75) is 187 Å². The molecule has 4 atom stereocenters. The SMILES string of the molecule is CCCCCc1oc(CCCCCCCCCCC(=O)O[C@H](COC(=O)CCC[C@@H](O)/C=C/C=C\C/C=C\C=C\[C@@H](O)CCCCC)COP(=O)(O)OCCN)c(C)c1C. The van der Waals surface area contributed by atoms with Crippen molar-refractivity contribution >= 4 is 19.8 Å². The second kappa shape index (κ2) is 35.7. The Labute approximate surface area is 361 Å². The van der Waals surface area contributed by atoms with Gasteiger partial charge in [0.2, 0.25) is 0 Å². The van der Waals surface area contributed by atoms with Gasteiger partial charge in [0.15, 0.2) is 6.10 Å². The standard InChI is InChI=1S/C47H80NO11P/c1-5-7-20-27-41(49)28-22-16-12-11-13-17-23-29-42(50)30-26-34-46(51)55-37-43(38-57-60(53,54)56-36-35-48)58-47(52)33-25-19-15-10-9-14-18-24-32-45-40(4)39(3)44(59-45)31-21-8-6-2/h12-13,16-17,22-23,28-29,41-43,49-50H,5-11,14-15,18-21,24-27,30-38,48H2,1-4H3,(H,53,54)/b16-12-,17-13-,28-22+,29-23+/t41-,42-,43+/m0/s1. The van der Waals surface area contributed by atoms with Gasteiger partial charge in [-0.25, -0.2) is 4.57 Å². The van der Waals surface area contributed by atoms with Crippen LogP contribution in [0.4, 0.5) is 0 Å². The lowest BCUT2D eigenvalue weighted by Crippen LogP contribution is -2.29. The Morgan fingerprint density at radius 3 is 1.78 bits per heavy atom. The van der Waals surface area contributed by atoms with Gasteiger partial charge in [-0.2, -0.15) is 0 Å². The second-order valence-electron chi connectivity index (χ2n) is 15.5. The first kappa shape index (κ1) is 55.2. The molecule has 0 spiro atoms. The molecule has 0 aliphatic carbocycles. The van der Waals surface area contributed by atoms with Crippen LogP contribution in [0.15, 0.2) is 53.0 Å². The van der Waals surface area contributed by atoms with E-state index >= 15 is 0 Å². The van der Waals surface area contributed by atoms with E-state index < -0.39 is 44.7 Å². The zero-order valence-electron chi connectivity index (χ0n) is 37.4. The highest BCUT2D eigenvalue weighted by molar-refractivity contribution is 7.47. The summed E-state index contributed by atoms with van der Waals surface area (Å²) in [4.78, 5) is 35.0. The van der Waals surface area contributed by atoms with Gasteiger partial charge in [0.05, 0.1) is 25.4 Å². The molecule has 1 heterocycles. The van der Waals surface area contributed by atoms with Crippen molar-refractivity contribution < 1.29 is 52.2 Å². The Balaban J connectivity index is 2.35. The fraction of sp³-hybridized carbons (Fsp3) is 0.702. The van der Waals surface area contributed by atoms with E-state index in [9.17, 15) is 29.3 Å². The van der Waals surface area contributed by atoms with E-state index in [-0.39, 0.29) is 32.6 Å². The molecule has 13 heteroatoms. The van der Waals surface area contributed by atoms with Gasteiger partial charge in [-0.3, -0.25) is 18.6 Å². The van der Waals surface area contributed by atoms with Gasteiger partial charge in [-0.1, -0.05) is 133 Å². The number of rotatable bonds is 38. The number of phosphoric ester groups is 1. The third-order valence-electron chi connectivity index (χ3n) is 10.1. The number of carbonyl (C=O) groups is 2. The highest BCUT2D eigenvalue weighted by atomic mass is 31.2. The minimum Gasteiger partial charge on any atom is -0.466 e. The zero-order valence-corrected chi connectivity index (χ0v) is 38.3. The first-order chi connectivity index (χ1) is 28.9. The van der Waals surface area contributed by atoms with Crippen molar-refractivity contribution in [1.29, 1.82) is 0 Å². The highest BCUT2D eigenvalue weighted by Gasteiger charge is 2.26. The van der Waals surface area contributed by atoms with E-state index in [0.29, 0.717) is 25.7 Å². The van der Waals surface area contributed by atoms with Crippen LogP contribution in [0.3, 0.4) is 0 Å². The van der Waals surface area contributed by atoms with Gasteiger partial charge in [0.25, 0.3) is 0 Å². The maximum Gasteiger partial charge on any atom is 0.472 e. The quantitative estimate of drug-likeness (QED) is 0.0213. The van der Waals surface area contributed by atoms with E-state index in [4.69, 9.17) is 28.7 Å². The molecule has 0 radical (unpaired) electrons. The van der Waals surface area contributed by atoms with Gasteiger partial charge in [-0.05, 0) is 69.9 Å². The summed E-state index contributed by atoms with van der Waals surface area (Å²) in [7, 11) is -4.45. The number of furan rings is 1. The number of carbonyl (C=O) groups excluding carboxylic acids is 2. The van der Waals surface area contributed by atoms with Crippen LogP contribution in [0.25, 0.3) is 0 Å². The Morgan fingerprint density at radius 2 is 1.20 bits per heavy atom.